The summed E-state index contributed by atoms with van der Waals surface area (Å²) >= 11 is 0. The molecule has 2 aromatic heterocycles. The van der Waals surface area contributed by atoms with Crippen molar-refractivity contribution in [1.82, 2.24) is 9.13 Å². The van der Waals surface area contributed by atoms with Crippen LogP contribution >= 0.6 is 0 Å². The van der Waals surface area contributed by atoms with Gasteiger partial charge in [-0.3, -0.25) is 0 Å². The van der Waals surface area contributed by atoms with Gasteiger partial charge in [0.2, 0.25) is 0 Å². The Balaban J connectivity index is 1.15. The minimum Gasteiger partial charge on any atom is -0.309 e. The van der Waals surface area contributed by atoms with Crippen molar-refractivity contribution in [2.45, 2.75) is 0 Å². The van der Waals surface area contributed by atoms with E-state index in [4.69, 9.17) is 0 Å². The van der Waals surface area contributed by atoms with Gasteiger partial charge >= 0.3 is 0 Å². The highest BCUT2D eigenvalue weighted by Gasteiger charge is 2.17. The lowest BCUT2D eigenvalue weighted by Crippen LogP contribution is -1.96. The summed E-state index contributed by atoms with van der Waals surface area (Å²) in [5.41, 5.74) is 16.7. The molecule has 56 heavy (non-hydrogen) atoms. The van der Waals surface area contributed by atoms with Gasteiger partial charge < -0.3 is 9.13 Å². The van der Waals surface area contributed by atoms with Crippen LogP contribution in [-0.2, 0) is 0 Å². The molecule has 0 aliphatic heterocycles. The molecule has 0 unspecified atom stereocenters. The normalized spacial score (nSPS) is 11.6. The molecule has 0 N–H and O–H groups in total. The zero-order valence-electron chi connectivity index (χ0n) is 30.7. The van der Waals surface area contributed by atoms with Crippen LogP contribution in [0.15, 0.2) is 218 Å². The molecule has 0 atom stereocenters. The number of hydrogen-bond acceptors (Lipinski definition) is 0. The molecule has 0 bridgehead atoms. The lowest BCUT2D eigenvalue weighted by molar-refractivity contribution is 1.18. The molecule has 0 aliphatic rings. The Hall–Kier alpha value is -7.42. The predicted molar refractivity (Wildman–Crippen MR) is 237 cm³/mol. The van der Waals surface area contributed by atoms with Crippen molar-refractivity contribution in [2.24, 2.45) is 0 Å². The fourth-order valence-electron chi connectivity index (χ4n) is 8.63. The molecule has 0 spiro atoms. The minimum absolute atomic E-state index is 1.14. The molecule has 2 heteroatoms. The zero-order chi connectivity index (χ0) is 37.0. The van der Waals surface area contributed by atoms with E-state index in [1.54, 1.807) is 0 Å². The Morgan fingerprint density at radius 3 is 1.11 bits per heavy atom. The van der Waals surface area contributed by atoms with E-state index in [2.05, 4.69) is 228 Å². The highest BCUT2D eigenvalue weighted by Crippen LogP contribution is 2.40. The van der Waals surface area contributed by atoms with E-state index in [-0.39, 0.29) is 0 Å². The lowest BCUT2D eigenvalue weighted by atomic mass is 9.95. The molecule has 0 amide bonds. The van der Waals surface area contributed by atoms with Gasteiger partial charge in [0.15, 0.2) is 0 Å². The molecule has 0 radical (unpaired) electrons. The van der Waals surface area contributed by atoms with E-state index in [1.165, 1.54) is 88.1 Å². The number of benzene rings is 9. The third kappa shape index (κ3) is 5.34. The summed E-state index contributed by atoms with van der Waals surface area (Å²) in [5.74, 6) is 0. The van der Waals surface area contributed by atoms with E-state index < -0.39 is 0 Å². The number of aromatic nitrogens is 2. The third-order valence-electron chi connectivity index (χ3n) is 11.3. The van der Waals surface area contributed by atoms with E-state index in [0.717, 1.165) is 11.4 Å². The monoisotopic (exact) mass is 712 g/mol. The molecular formula is C54H36N2. The van der Waals surface area contributed by atoms with Crippen molar-refractivity contribution in [1.29, 1.82) is 0 Å². The summed E-state index contributed by atoms with van der Waals surface area (Å²) in [6.07, 6.45) is 0. The quantitative estimate of drug-likeness (QED) is 0.162. The minimum atomic E-state index is 1.14. The fraction of sp³-hybridized carbons (Fsp3) is 0. The van der Waals surface area contributed by atoms with Crippen LogP contribution in [0.5, 0.6) is 0 Å². The highest BCUT2D eigenvalue weighted by atomic mass is 15.0. The van der Waals surface area contributed by atoms with E-state index in [0.29, 0.717) is 0 Å². The Kier molecular flexibility index (Phi) is 7.53. The van der Waals surface area contributed by atoms with Gasteiger partial charge in [-0.1, -0.05) is 152 Å². The Bertz CT molecular complexity index is 3150. The van der Waals surface area contributed by atoms with E-state index >= 15 is 0 Å². The van der Waals surface area contributed by atoms with Gasteiger partial charge in [-0.25, -0.2) is 0 Å². The average Bonchev–Trinajstić information content (AvgIpc) is 3.79. The van der Waals surface area contributed by atoms with Gasteiger partial charge in [0.05, 0.1) is 22.1 Å². The first-order chi connectivity index (χ1) is 27.8. The lowest BCUT2D eigenvalue weighted by Gasteiger charge is -2.15. The second-order valence-electron chi connectivity index (χ2n) is 14.6. The Morgan fingerprint density at radius 2 is 0.554 bits per heavy atom. The molecule has 0 aliphatic carbocycles. The maximum absolute atomic E-state index is 2.43. The number of hydrogen-bond donors (Lipinski definition) is 0. The van der Waals surface area contributed by atoms with Crippen LogP contribution in [0.25, 0.3) is 99.5 Å². The Morgan fingerprint density at radius 1 is 0.196 bits per heavy atom. The van der Waals surface area contributed by atoms with Crippen molar-refractivity contribution in [3.63, 3.8) is 0 Å². The van der Waals surface area contributed by atoms with Crippen LogP contribution in [0.4, 0.5) is 0 Å². The number of fused-ring (bicyclic) bond motifs is 6. The molecule has 262 valence electrons. The van der Waals surface area contributed by atoms with Gasteiger partial charge in [-0.2, -0.15) is 0 Å². The Labute approximate surface area is 325 Å². The van der Waals surface area contributed by atoms with Crippen LogP contribution in [-0.4, -0.2) is 9.13 Å². The molecule has 11 aromatic rings. The number of nitrogens with zero attached hydrogens (tertiary/aromatic N) is 2. The van der Waals surface area contributed by atoms with Gasteiger partial charge in [0.1, 0.15) is 0 Å². The van der Waals surface area contributed by atoms with Gasteiger partial charge in [0.25, 0.3) is 0 Å². The molecule has 2 nitrogen and oxygen atoms in total. The maximum atomic E-state index is 2.43. The average molecular weight is 713 g/mol. The molecule has 11 rings (SSSR count). The molecule has 2 heterocycles. The van der Waals surface area contributed by atoms with E-state index in [1.807, 2.05) is 0 Å². The third-order valence-corrected chi connectivity index (χ3v) is 11.3. The summed E-state index contributed by atoms with van der Waals surface area (Å²) in [6.45, 7) is 0. The molecule has 0 saturated carbocycles. The number of para-hydroxylation sites is 3. The maximum Gasteiger partial charge on any atom is 0.0541 e. The van der Waals surface area contributed by atoms with Crippen molar-refractivity contribution in [3.8, 4) is 55.9 Å². The first kappa shape index (κ1) is 32.0. The van der Waals surface area contributed by atoms with Crippen molar-refractivity contribution in [2.75, 3.05) is 0 Å². The highest BCUT2D eigenvalue weighted by molar-refractivity contribution is 6.12. The topological polar surface area (TPSA) is 9.86 Å². The van der Waals surface area contributed by atoms with Crippen LogP contribution in [0, 0.1) is 0 Å². The van der Waals surface area contributed by atoms with Crippen molar-refractivity contribution in [3.05, 3.63) is 218 Å². The van der Waals surface area contributed by atoms with Crippen LogP contribution in [0.3, 0.4) is 0 Å². The molecular weight excluding hydrogens is 677 g/mol. The fourth-order valence-corrected chi connectivity index (χ4v) is 8.63. The second kappa shape index (κ2) is 13.2. The van der Waals surface area contributed by atoms with Gasteiger partial charge in [-0.05, 0) is 111 Å². The molecule has 0 saturated heterocycles. The zero-order valence-corrected chi connectivity index (χ0v) is 30.7. The summed E-state index contributed by atoms with van der Waals surface area (Å²) in [6, 6.07) is 79.5. The summed E-state index contributed by atoms with van der Waals surface area (Å²) in [5, 5.41) is 4.98. The van der Waals surface area contributed by atoms with Gasteiger partial charge in [0, 0.05) is 32.9 Å². The number of rotatable bonds is 6. The van der Waals surface area contributed by atoms with Crippen LogP contribution < -0.4 is 0 Å². The smallest absolute Gasteiger partial charge is 0.0541 e. The van der Waals surface area contributed by atoms with Crippen LogP contribution in [0.1, 0.15) is 0 Å². The van der Waals surface area contributed by atoms with Gasteiger partial charge in [-0.15, -0.1) is 0 Å². The predicted octanol–water partition coefficient (Wildman–Crippen LogP) is 14.5. The SMILES string of the molecule is c1ccc(-c2ccc(-c3cc(-c4ccc5c(c4)c4cc(-c6ccccc6)ccc4n5-c4ccccc4)cc(-n4c5ccccc5c5ccccc54)c3)cc2)cc1. The van der Waals surface area contributed by atoms with Crippen LogP contribution in [0.2, 0.25) is 0 Å². The summed E-state index contributed by atoms with van der Waals surface area (Å²) < 4.78 is 4.83. The first-order valence-electron chi connectivity index (χ1n) is 19.3. The molecule has 9 aromatic carbocycles. The second-order valence-corrected chi connectivity index (χ2v) is 14.6. The summed E-state index contributed by atoms with van der Waals surface area (Å²) in [7, 11) is 0. The van der Waals surface area contributed by atoms with Crippen molar-refractivity contribution < 1.29 is 0 Å². The van der Waals surface area contributed by atoms with Crippen molar-refractivity contribution >= 4 is 43.6 Å². The standard InChI is InChI=1S/C54H36N2/c1-4-14-37(15-5-1)39-24-26-40(27-25-39)43-32-44(34-46(33-43)56-51-22-12-10-20-47(51)48-21-11-13-23-52(48)56)42-29-31-54-50(36-42)49-35-41(38-16-6-2-7-17-38)28-30-53(49)55(54)45-18-8-3-9-19-45/h1-36H. The summed E-state index contributed by atoms with van der Waals surface area (Å²) in [4.78, 5) is 0. The van der Waals surface area contributed by atoms with E-state index in [9.17, 15) is 0 Å². The first-order valence-corrected chi connectivity index (χ1v) is 19.3. The largest absolute Gasteiger partial charge is 0.309 e. The molecule has 0 fully saturated rings.